The molecule has 0 radical (unpaired) electrons. The van der Waals surface area contributed by atoms with Gasteiger partial charge in [0.1, 0.15) is 6.73 Å². The maximum Gasteiger partial charge on any atom is 0.224 e. The first kappa shape index (κ1) is 26.1. The molecule has 0 bridgehead atoms. The zero-order valence-electron chi connectivity index (χ0n) is 23.7. The summed E-state index contributed by atoms with van der Waals surface area (Å²) in [4.78, 5) is 13.9. The SMILES string of the molecule is CC(C)CCC[C@@H](C)[C@H]1CC[C@H]2[C@@H]3CC[C@H]4C[C@@H](OCN5CCCC5=O)CC[C@]4(C)[C@H]3CC[C@]12C. The van der Waals surface area contributed by atoms with Gasteiger partial charge in [0.05, 0.1) is 6.10 Å². The molecular formula is C32H55NO2. The lowest BCUT2D eigenvalue weighted by Crippen LogP contribution is -2.54. The number of carbonyl (C=O) groups excluding carboxylic acids is 1. The number of hydrogen-bond acceptors (Lipinski definition) is 2. The van der Waals surface area contributed by atoms with Crippen molar-refractivity contribution < 1.29 is 9.53 Å². The lowest BCUT2D eigenvalue weighted by atomic mass is 9.44. The van der Waals surface area contributed by atoms with Crippen molar-refractivity contribution in [1.82, 2.24) is 4.90 Å². The molecule has 0 spiro atoms. The van der Waals surface area contributed by atoms with Crippen molar-refractivity contribution in [1.29, 1.82) is 0 Å². The van der Waals surface area contributed by atoms with Gasteiger partial charge in [0.25, 0.3) is 0 Å². The molecule has 3 nitrogen and oxygen atoms in total. The van der Waals surface area contributed by atoms with E-state index in [4.69, 9.17) is 4.74 Å². The Kier molecular flexibility index (Phi) is 7.67. The molecular weight excluding hydrogens is 430 g/mol. The Labute approximate surface area is 216 Å². The van der Waals surface area contributed by atoms with Crippen LogP contribution < -0.4 is 0 Å². The third-order valence-electron chi connectivity index (χ3n) is 12.5. The number of nitrogens with zero attached hydrogens (tertiary/aromatic N) is 1. The van der Waals surface area contributed by atoms with Gasteiger partial charge >= 0.3 is 0 Å². The summed E-state index contributed by atoms with van der Waals surface area (Å²) in [6, 6.07) is 0. The zero-order valence-corrected chi connectivity index (χ0v) is 23.7. The Hall–Kier alpha value is -0.570. The van der Waals surface area contributed by atoms with Gasteiger partial charge in [0.15, 0.2) is 0 Å². The lowest BCUT2D eigenvalue weighted by Gasteiger charge is -2.61. The van der Waals surface area contributed by atoms with E-state index in [1.165, 1.54) is 77.0 Å². The predicted molar refractivity (Wildman–Crippen MR) is 144 cm³/mol. The van der Waals surface area contributed by atoms with Crippen LogP contribution in [0.1, 0.15) is 125 Å². The monoisotopic (exact) mass is 485 g/mol. The summed E-state index contributed by atoms with van der Waals surface area (Å²) in [5.41, 5.74) is 1.12. The topological polar surface area (TPSA) is 29.5 Å². The molecule has 1 amide bonds. The molecule has 1 saturated heterocycles. The highest BCUT2D eigenvalue weighted by Gasteiger charge is 2.60. The highest BCUT2D eigenvalue weighted by atomic mass is 16.5. The first-order chi connectivity index (χ1) is 16.7. The summed E-state index contributed by atoms with van der Waals surface area (Å²) in [5.74, 6) is 6.73. The van der Waals surface area contributed by atoms with E-state index in [-0.39, 0.29) is 0 Å². The normalized spacial score (nSPS) is 44.3. The van der Waals surface area contributed by atoms with Crippen LogP contribution in [0.3, 0.4) is 0 Å². The van der Waals surface area contributed by atoms with Crippen LogP contribution in [0.5, 0.6) is 0 Å². The van der Waals surface area contributed by atoms with E-state index in [9.17, 15) is 4.79 Å². The summed E-state index contributed by atoms with van der Waals surface area (Å²) in [6.07, 6.45) is 19.0. The maximum atomic E-state index is 12.0. The Morgan fingerprint density at radius 3 is 2.46 bits per heavy atom. The minimum Gasteiger partial charge on any atom is -0.358 e. The second-order valence-corrected chi connectivity index (χ2v) is 14.6. The Morgan fingerprint density at radius 1 is 0.943 bits per heavy atom. The van der Waals surface area contributed by atoms with E-state index in [0.717, 1.165) is 60.8 Å². The van der Waals surface area contributed by atoms with Crippen LogP contribution in [0.15, 0.2) is 0 Å². The van der Waals surface area contributed by atoms with Crippen LogP contribution in [0.2, 0.25) is 0 Å². The molecule has 4 saturated carbocycles. The van der Waals surface area contributed by atoms with Gasteiger partial charge in [-0.3, -0.25) is 4.79 Å². The molecule has 5 aliphatic rings. The van der Waals surface area contributed by atoms with Gasteiger partial charge in [-0.05, 0) is 116 Å². The van der Waals surface area contributed by atoms with Crippen LogP contribution in [-0.4, -0.2) is 30.2 Å². The van der Waals surface area contributed by atoms with Crippen LogP contribution in [0.25, 0.3) is 0 Å². The minimum absolute atomic E-state index is 0.292. The van der Waals surface area contributed by atoms with Gasteiger partial charge in [-0.2, -0.15) is 0 Å². The molecule has 1 aliphatic heterocycles. The number of carbonyl (C=O) groups is 1. The lowest BCUT2D eigenvalue weighted by molar-refractivity contribution is -0.150. The molecule has 9 atom stereocenters. The van der Waals surface area contributed by atoms with Gasteiger partial charge in [-0.25, -0.2) is 0 Å². The number of likely N-dealkylation sites (tertiary alicyclic amines) is 1. The summed E-state index contributed by atoms with van der Waals surface area (Å²) in [7, 11) is 0. The van der Waals surface area contributed by atoms with Crippen molar-refractivity contribution in [3.05, 3.63) is 0 Å². The fourth-order valence-corrected chi connectivity index (χ4v) is 10.4. The van der Waals surface area contributed by atoms with Crippen LogP contribution >= 0.6 is 0 Å². The first-order valence-corrected chi connectivity index (χ1v) is 15.6. The first-order valence-electron chi connectivity index (χ1n) is 15.6. The fraction of sp³-hybridized carbons (Fsp3) is 0.969. The molecule has 35 heavy (non-hydrogen) atoms. The van der Waals surface area contributed by atoms with E-state index in [0.29, 0.717) is 29.6 Å². The van der Waals surface area contributed by atoms with Crippen LogP contribution in [0.4, 0.5) is 0 Å². The number of rotatable bonds is 8. The number of fused-ring (bicyclic) bond motifs is 5. The Morgan fingerprint density at radius 2 is 1.71 bits per heavy atom. The third kappa shape index (κ3) is 4.86. The standard InChI is InChI=1S/C32H55NO2/c1-22(2)8-6-9-23(3)27-13-14-28-26-12-11-24-20-25(35-21-33-19-7-10-30(33)34)15-17-31(24,4)29(26)16-18-32(27,28)5/h22-29H,6-21H2,1-5H3/t23-,24+,25+,26+,27-,28+,29+,31+,32-/m1/s1. The average molecular weight is 486 g/mol. The van der Waals surface area contributed by atoms with Gasteiger partial charge < -0.3 is 9.64 Å². The van der Waals surface area contributed by atoms with Crippen molar-refractivity contribution in [3.63, 3.8) is 0 Å². The molecule has 5 rings (SSSR count). The maximum absolute atomic E-state index is 12.0. The molecule has 0 N–H and O–H groups in total. The van der Waals surface area contributed by atoms with Crippen molar-refractivity contribution in [2.75, 3.05) is 13.3 Å². The summed E-state index contributed by atoms with van der Waals surface area (Å²) >= 11 is 0. The smallest absolute Gasteiger partial charge is 0.224 e. The quantitative estimate of drug-likeness (QED) is 0.348. The third-order valence-corrected chi connectivity index (χ3v) is 12.5. The number of hydrogen-bond donors (Lipinski definition) is 0. The molecule has 3 heteroatoms. The Balaban J connectivity index is 1.19. The van der Waals surface area contributed by atoms with Gasteiger partial charge in [-0.15, -0.1) is 0 Å². The van der Waals surface area contributed by atoms with Crippen LogP contribution in [0, 0.1) is 52.3 Å². The number of ether oxygens (including phenoxy) is 1. The molecule has 200 valence electrons. The van der Waals surface area contributed by atoms with Crippen molar-refractivity contribution in [2.45, 2.75) is 131 Å². The van der Waals surface area contributed by atoms with Crippen molar-refractivity contribution in [2.24, 2.45) is 52.3 Å². The summed E-state index contributed by atoms with van der Waals surface area (Å²) < 4.78 is 6.35. The fourth-order valence-electron chi connectivity index (χ4n) is 10.4. The second kappa shape index (κ2) is 10.3. The minimum atomic E-state index is 0.292. The number of amides is 1. The van der Waals surface area contributed by atoms with Gasteiger partial charge in [0, 0.05) is 13.0 Å². The molecule has 5 fully saturated rings. The molecule has 4 aliphatic carbocycles. The van der Waals surface area contributed by atoms with E-state index in [1.807, 2.05) is 4.90 Å². The Bertz CT molecular complexity index is 750. The second-order valence-electron chi connectivity index (χ2n) is 14.6. The molecule has 0 aromatic carbocycles. The van der Waals surface area contributed by atoms with Crippen molar-refractivity contribution in [3.8, 4) is 0 Å². The highest BCUT2D eigenvalue weighted by molar-refractivity contribution is 5.77. The molecule has 1 heterocycles. The molecule has 0 aromatic rings. The van der Waals surface area contributed by atoms with Gasteiger partial charge in [0.2, 0.25) is 5.91 Å². The summed E-state index contributed by atoms with van der Waals surface area (Å²) in [5, 5.41) is 0. The largest absolute Gasteiger partial charge is 0.358 e. The average Bonchev–Trinajstić information content (AvgIpc) is 3.39. The molecule has 0 unspecified atom stereocenters. The van der Waals surface area contributed by atoms with Gasteiger partial charge in [-0.1, -0.05) is 53.9 Å². The van der Waals surface area contributed by atoms with Crippen molar-refractivity contribution >= 4 is 5.91 Å². The molecule has 0 aromatic heterocycles. The van der Waals surface area contributed by atoms with E-state index >= 15 is 0 Å². The van der Waals surface area contributed by atoms with E-state index in [2.05, 4.69) is 34.6 Å². The predicted octanol–water partition coefficient (Wildman–Crippen LogP) is 8.07. The van der Waals surface area contributed by atoms with E-state index in [1.54, 1.807) is 0 Å². The zero-order chi connectivity index (χ0) is 24.8. The summed E-state index contributed by atoms with van der Waals surface area (Å²) in [6.45, 7) is 14.2. The highest BCUT2D eigenvalue weighted by Crippen LogP contribution is 2.68. The van der Waals surface area contributed by atoms with Crippen LogP contribution in [-0.2, 0) is 9.53 Å². The van der Waals surface area contributed by atoms with E-state index < -0.39 is 0 Å².